The molecule has 0 amide bonds. The van der Waals surface area contributed by atoms with Crippen LogP contribution in [0, 0.1) is 0 Å². The fourth-order valence-electron chi connectivity index (χ4n) is 1.31. The molecule has 0 aromatic heterocycles. The van der Waals surface area contributed by atoms with Crippen molar-refractivity contribution in [3.8, 4) is 0 Å². The zero-order valence-corrected chi connectivity index (χ0v) is 10.9. The van der Waals surface area contributed by atoms with Gasteiger partial charge < -0.3 is 13.3 Å². The number of hydrogen-bond donors (Lipinski definition) is 1. The normalized spacial score (nSPS) is 14.4. The Hall–Kier alpha value is 0.0569. The van der Waals surface area contributed by atoms with Gasteiger partial charge in [-0.2, -0.15) is 0 Å². The van der Waals surface area contributed by atoms with E-state index in [1.807, 2.05) is 7.05 Å². The van der Waals surface area contributed by atoms with Crippen LogP contribution < -0.4 is 5.32 Å². The first-order chi connectivity index (χ1) is 6.67. The van der Waals surface area contributed by atoms with E-state index in [0.717, 1.165) is 18.9 Å². The predicted molar refractivity (Wildman–Crippen MR) is 59.1 cm³/mol. The second-order valence-electron chi connectivity index (χ2n) is 3.14. The second-order valence-corrected chi connectivity index (χ2v) is 6.06. The van der Waals surface area contributed by atoms with Gasteiger partial charge in [-0.15, -0.1) is 0 Å². The third-order valence-corrected chi connectivity index (χ3v) is 5.19. The van der Waals surface area contributed by atoms with Gasteiger partial charge in [-0.25, -0.2) is 0 Å². The van der Waals surface area contributed by atoms with Gasteiger partial charge in [-0.3, -0.25) is 5.32 Å². The average molecular weight is 221 g/mol. The van der Waals surface area contributed by atoms with Crippen molar-refractivity contribution in [3.05, 3.63) is 0 Å². The molecule has 14 heavy (non-hydrogen) atoms. The van der Waals surface area contributed by atoms with Gasteiger partial charge in [0.1, 0.15) is 6.23 Å². The molecule has 0 heterocycles. The third-order valence-electron chi connectivity index (χ3n) is 2.19. The molecule has 0 saturated heterocycles. The Morgan fingerprint density at radius 1 is 1.21 bits per heavy atom. The quantitative estimate of drug-likeness (QED) is 0.499. The summed E-state index contributed by atoms with van der Waals surface area (Å²) in [6.07, 6.45) is 1.93. The van der Waals surface area contributed by atoms with E-state index in [9.17, 15) is 0 Å². The Labute approximate surface area is 88.3 Å². The summed E-state index contributed by atoms with van der Waals surface area (Å²) >= 11 is 0. The van der Waals surface area contributed by atoms with Crippen LogP contribution in [0.5, 0.6) is 0 Å². The molecule has 86 valence electrons. The summed E-state index contributed by atoms with van der Waals surface area (Å²) in [5, 5.41) is 3.09. The topological polar surface area (TPSA) is 39.7 Å². The summed E-state index contributed by atoms with van der Waals surface area (Å²) in [6, 6.07) is 0.859. The van der Waals surface area contributed by atoms with Crippen LogP contribution in [0.4, 0.5) is 0 Å². The standard InChI is InChI=1S/C9H23NO3Si/c1-6-8-14(11-4,12-5)13-9(7-2)10-3/h9-10H,6-8H2,1-5H3. The maximum atomic E-state index is 5.86. The highest BCUT2D eigenvalue weighted by molar-refractivity contribution is 6.60. The minimum absolute atomic E-state index is 0.0214. The van der Waals surface area contributed by atoms with Crippen molar-refractivity contribution in [2.75, 3.05) is 21.3 Å². The second kappa shape index (κ2) is 7.36. The molecule has 0 aliphatic heterocycles. The Morgan fingerprint density at radius 2 is 1.79 bits per heavy atom. The van der Waals surface area contributed by atoms with Gasteiger partial charge in [0, 0.05) is 20.3 Å². The van der Waals surface area contributed by atoms with E-state index < -0.39 is 8.80 Å². The smallest absolute Gasteiger partial charge is 0.377 e. The molecule has 0 radical (unpaired) electrons. The van der Waals surface area contributed by atoms with Crippen molar-refractivity contribution in [1.29, 1.82) is 0 Å². The number of nitrogens with one attached hydrogen (secondary N) is 1. The highest BCUT2D eigenvalue weighted by Crippen LogP contribution is 2.18. The van der Waals surface area contributed by atoms with E-state index >= 15 is 0 Å². The van der Waals surface area contributed by atoms with E-state index in [2.05, 4.69) is 19.2 Å². The fraction of sp³-hybridized carbons (Fsp3) is 1.00. The molecule has 0 aromatic rings. The van der Waals surface area contributed by atoms with Crippen LogP contribution in [0.3, 0.4) is 0 Å². The fourth-order valence-corrected chi connectivity index (χ4v) is 3.53. The van der Waals surface area contributed by atoms with Crippen LogP contribution in [0.15, 0.2) is 0 Å². The van der Waals surface area contributed by atoms with Gasteiger partial charge in [0.05, 0.1) is 0 Å². The molecule has 0 aromatic carbocycles. The molecule has 0 rings (SSSR count). The monoisotopic (exact) mass is 221 g/mol. The van der Waals surface area contributed by atoms with Gasteiger partial charge in [-0.1, -0.05) is 20.3 Å². The molecule has 4 nitrogen and oxygen atoms in total. The SMILES string of the molecule is CCC[Si](OC)(OC)OC(CC)NC. The Balaban J connectivity index is 4.31. The molecule has 1 unspecified atom stereocenters. The van der Waals surface area contributed by atoms with Gasteiger partial charge in [0.15, 0.2) is 0 Å². The zero-order chi connectivity index (χ0) is 11.0. The predicted octanol–water partition coefficient (Wildman–Crippen LogP) is 1.60. The van der Waals surface area contributed by atoms with E-state index in [4.69, 9.17) is 13.3 Å². The maximum absolute atomic E-state index is 5.86. The van der Waals surface area contributed by atoms with Gasteiger partial charge in [0.25, 0.3) is 0 Å². The Bertz CT molecular complexity index is 138. The van der Waals surface area contributed by atoms with E-state index in [-0.39, 0.29) is 6.23 Å². The molecule has 0 bridgehead atoms. The maximum Gasteiger partial charge on any atom is 0.501 e. The summed E-state index contributed by atoms with van der Waals surface area (Å²) in [4.78, 5) is 0. The summed E-state index contributed by atoms with van der Waals surface area (Å²) in [7, 11) is 2.79. The van der Waals surface area contributed by atoms with E-state index in [1.165, 1.54) is 0 Å². The average Bonchev–Trinajstić information content (AvgIpc) is 2.24. The van der Waals surface area contributed by atoms with Crippen molar-refractivity contribution < 1.29 is 13.3 Å². The minimum atomic E-state index is -2.41. The minimum Gasteiger partial charge on any atom is -0.377 e. The van der Waals surface area contributed by atoms with Crippen LogP contribution >= 0.6 is 0 Å². The van der Waals surface area contributed by atoms with Crippen molar-refractivity contribution in [2.45, 2.75) is 39.0 Å². The van der Waals surface area contributed by atoms with Crippen LogP contribution in [0.25, 0.3) is 0 Å². The molecule has 0 saturated carbocycles. The van der Waals surface area contributed by atoms with Crippen LogP contribution in [0.1, 0.15) is 26.7 Å². The summed E-state index contributed by atoms with van der Waals surface area (Å²) in [5.74, 6) is 0. The lowest BCUT2D eigenvalue weighted by Gasteiger charge is -2.30. The highest BCUT2D eigenvalue weighted by Gasteiger charge is 2.39. The van der Waals surface area contributed by atoms with Crippen LogP contribution in [-0.2, 0) is 13.3 Å². The molecule has 0 aliphatic rings. The number of hydrogen-bond acceptors (Lipinski definition) is 4. The summed E-state index contributed by atoms with van der Waals surface area (Å²) in [6.45, 7) is 4.17. The molecule has 1 N–H and O–H groups in total. The largest absolute Gasteiger partial charge is 0.501 e. The van der Waals surface area contributed by atoms with Gasteiger partial charge in [0.2, 0.25) is 0 Å². The van der Waals surface area contributed by atoms with Crippen molar-refractivity contribution >= 4 is 8.80 Å². The first kappa shape index (κ1) is 14.1. The molecule has 1 atom stereocenters. The van der Waals surface area contributed by atoms with Crippen molar-refractivity contribution in [3.63, 3.8) is 0 Å². The highest BCUT2D eigenvalue weighted by atomic mass is 28.4. The Morgan fingerprint density at radius 3 is 2.07 bits per heavy atom. The molecule has 0 spiro atoms. The lowest BCUT2D eigenvalue weighted by molar-refractivity contribution is 0.0410. The lowest BCUT2D eigenvalue weighted by atomic mass is 10.4. The number of rotatable bonds is 8. The van der Waals surface area contributed by atoms with Gasteiger partial charge in [-0.05, 0) is 13.5 Å². The molecule has 5 heteroatoms. The first-order valence-electron chi connectivity index (χ1n) is 5.13. The molecular weight excluding hydrogens is 198 g/mol. The van der Waals surface area contributed by atoms with E-state index in [0.29, 0.717) is 0 Å². The third kappa shape index (κ3) is 4.06. The Kier molecular flexibility index (Phi) is 7.39. The molecule has 0 aliphatic carbocycles. The van der Waals surface area contributed by atoms with Crippen molar-refractivity contribution in [2.24, 2.45) is 0 Å². The lowest BCUT2D eigenvalue weighted by Crippen LogP contribution is -2.49. The molecule has 0 fully saturated rings. The van der Waals surface area contributed by atoms with Crippen LogP contribution in [0.2, 0.25) is 6.04 Å². The zero-order valence-electron chi connectivity index (χ0n) is 9.92. The summed E-state index contributed by atoms with van der Waals surface area (Å²) < 4.78 is 16.7. The van der Waals surface area contributed by atoms with Gasteiger partial charge >= 0.3 is 8.80 Å². The molecular formula is C9H23NO3Si. The summed E-state index contributed by atoms with van der Waals surface area (Å²) in [5.41, 5.74) is 0. The van der Waals surface area contributed by atoms with Crippen LogP contribution in [-0.4, -0.2) is 36.3 Å². The first-order valence-corrected chi connectivity index (χ1v) is 7.06. The van der Waals surface area contributed by atoms with Crippen molar-refractivity contribution in [1.82, 2.24) is 5.32 Å². The van der Waals surface area contributed by atoms with E-state index in [1.54, 1.807) is 14.2 Å².